The van der Waals surface area contributed by atoms with Crippen LogP contribution >= 0.6 is 0 Å². The minimum absolute atomic E-state index is 0.842. The normalized spacial score (nSPS) is 11.5. The summed E-state index contributed by atoms with van der Waals surface area (Å²) in [4.78, 5) is 2.43. The van der Waals surface area contributed by atoms with Gasteiger partial charge in [-0.05, 0) is 75.5 Å². The van der Waals surface area contributed by atoms with Crippen molar-refractivity contribution in [2.75, 3.05) is 4.90 Å². The second kappa shape index (κ2) is 13.7. The summed E-state index contributed by atoms with van der Waals surface area (Å²) in [5.41, 5.74) is 14.1. The van der Waals surface area contributed by atoms with Gasteiger partial charge in [-0.25, -0.2) is 0 Å². The fourth-order valence-electron chi connectivity index (χ4n) is 7.79. The van der Waals surface area contributed by atoms with Gasteiger partial charge in [0.25, 0.3) is 0 Å². The lowest BCUT2D eigenvalue weighted by atomic mass is 9.87. The van der Waals surface area contributed by atoms with Crippen LogP contribution in [-0.2, 0) is 0 Å². The monoisotopic (exact) mass is 679 g/mol. The Morgan fingerprint density at radius 1 is 0.491 bits per heavy atom. The summed E-state index contributed by atoms with van der Waals surface area (Å²) in [6, 6.07) is 62.8. The summed E-state index contributed by atoms with van der Waals surface area (Å²) in [5.74, 6) is 0. The number of aryl methyl sites for hydroxylation is 1. The molecule has 0 saturated heterocycles. The highest BCUT2D eigenvalue weighted by Gasteiger charge is 2.27. The minimum Gasteiger partial charge on any atom is -0.454 e. The van der Waals surface area contributed by atoms with Crippen LogP contribution in [0.2, 0.25) is 0 Å². The van der Waals surface area contributed by atoms with E-state index in [2.05, 4.69) is 194 Å². The van der Waals surface area contributed by atoms with E-state index in [4.69, 9.17) is 4.42 Å². The Morgan fingerprint density at radius 2 is 1.06 bits per heavy atom. The van der Waals surface area contributed by atoms with Crippen LogP contribution in [0.4, 0.5) is 17.1 Å². The van der Waals surface area contributed by atoms with E-state index in [9.17, 15) is 0 Å². The zero-order valence-corrected chi connectivity index (χ0v) is 29.5. The number of fused-ring (bicyclic) bond motifs is 4. The third-order valence-corrected chi connectivity index (χ3v) is 10.3. The molecule has 0 aliphatic carbocycles. The zero-order chi connectivity index (χ0) is 35.7. The Hall–Kier alpha value is -6.90. The van der Waals surface area contributed by atoms with Gasteiger partial charge in [-0.15, -0.1) is 0 Å². The highest BCUT2D eigenvalue weighted by molar-refractivity contribution is 6.14. The molecule has 252 valence electrons. The van der Waals surface area contributed by atoms with Crippen LogP contribution in [0.3, 0.4) is 0 Å². The van der Waals surface area contributed by atoms with Crippen LogP contribution < -0.4 is 4.90 Å². The van der Waals surface area contributed by atoms with Gasteiger partial charge in [0.05, 0.1) is 17.1 Å². The van der Waals surface area contributed by atoms with Crippen molar-refractivity contribution in [3.05, 3.63) is 206 Å². The maximum Gasteiger partial charge on any atom is 0.159 e. The number of para-hydroxylation sites is 2. The highest BCUT2D eigenvalue weighted by atomic mass is 16.3. The first kappa shape index (κ1) is 32.0. The molecule has 53 heavy (non-hydrogen) atoms. The van der Waals surface area contributed by atoms with Crippen molar-refractivity contribution in [1.82, 2.24) is 0 Å². The SMILES string of the molecule is C=C/C=C\c1cc(N(c2cccc(-c3ccccc3)c2-c2ccccc2-c2ccccc2)c2cccc3c2oc2ccccc23)c2ccccc2c1C. The van der Waals surface area contributed by atoms with Crippen molar-refractivity contribution in [3.8, 4) is 33.4 Å². The molecule has 8 aromatic carbocycles. The molecule has 0 bridgehead atoms. The molecular formula is C51H37NO. The van der Waals surface area contributed by atoms with Crippen LogP contribution in [0.15, 0.2) is 199 Å². The summed E-state index contributed by atoms with van der Waals surface area (Å²) in [5, 5.41) is 4.53. The lowest BCUT2D eigenvalue weighted by molar-refractivity contribution is 0.669. The van der Waals surface area contributed by atoms with Crippen molar-refractivity contribution in [3.63, 3.8) is 0 Å². The third kappa shape index (κ3) is 5.62. The Balaban J connectivity index is 1.46. The number of furan rings is 1. The number of hydrogen-bond acceptors (Lipinski definition) is 2. The standard InChI is InChI=1S/C51H37NO/c1-3-4-19-38-34-48(42-26-13-11-24-39(42)35(38)2)52(47-32-18-30-45-43-27-15-16-33-49(43)53-51(45)47)46-31-17-29-41(37-22-9-6-10-23-37)50(46)44-28-14-12-25-40(44)36-20-7-5-8-21-36/h3-34H,1H2,2H3/b19-4-. The van der Waals surface area contributed by atoms with Gasteiger partial charge in [0.2, 0.25) is 0 Å². The third-order valence-electron chi connectivity index (χ3n) is 10.3. The Kier molecular flexibility index (Phi) is 8.26. The molecule has 2 heteroatoms. The number of anilines is 3. The van der Waals surface area contributed by atoms with Crippen LogP contribution in [-0.4, -0.2) is 0 Å². The molecule has 0 fully saturated rings. The average molecular weight is 680 g/mol. The molecule has 0 atom stereocenters. The Morgan fingerprint density at radius 3 is 1.81 bits per heavy atom. The molecular weight excluding hydrogens is 643 g/mol. The number of allylic oxidation sites excluding steroid dienone is 2. The molecule has 9 rings (SSSR count). The van der Waals surface area contributed by atoms with Crippen LogP contribution in [0.25, 0.3) is 72.2 Å². The molecule has 0 aliphatic heterocycles. The van der Waals surface area contributed by atoms with Crippen LogP contribution in [0, 0.1) is 6.92 Å². The van der Waals surface area contributed by atoms with Crippen LogP contribution in [0.5, 0.6) is 0 Å². The molecule has 0 saturated carbocycles. The number of rotatable bonds is 8. The average Bonchev–Trinajstić information content (AvgIpc) is 3.61. The van der Waals surface area contributed by atoms with Gasteiger partial charge in [-0.2, -0.15) is 0 Å². The van der Waals surface area contributed by atoms with Gasteiger partial charge in [-0.1, -0.05) is 176 Å². The minimum atomic E-state index is 0.842. The van der Waals surface area contributed by atoms with E-state index in [-0.39, 0.29) is 0 Å². The zero-order valence-electron chi connectivity index (χ0n) is 29.5. The van der Waals surface area contributed by atoms with Crippen molar-refractivity contribution >= 4 is 55.8 Å². The molecule has 0 unspecified atom stereocenters. The maximum atomic E-state index is 6.82. The molecule has 0 aliphatic rings. The Bertz CT molecular complexity index is 2810. The Labute approximate surface area is 310 Å². The summed E-state index contributed by atoms with van der Waals surface area (Å²) in [6.45, 7) is 6.19. The number of benzene rings is 8. The van der Waals surface area contributed by atoms with E-state index in [0.29, 0.717) is 0 Å². The van der Waals surface area contributed by atoms with Gasteiger partial charge in [0, 0.05) is 21.7 Å². The molecule has 9 aromatic rings. The second-order valence-electron chi connectivity index (χ2n) is 13.3. The van der Waals surface area contributed by atoms with Crippen LogP contribution in [0.1, 0.15) is 11.1 Å². The predicted octanol–water partition coefficient (Wildman–Crippen LogP) is 14.7. The van der Waals surface area contributed by atoms with Gasteiger partial charge < -0.3 is 9.32 Å². The van der Waals surface area contributed by atoms with Crippen molar-refractivity contribution in [2.24, 2.45) is 0 Å². The van der Waals surface area contributed by atoms with E-state index in [0.717, 1.165) is 72.2 Å². The summed E-state index contributed by atoms with van der Waals surface area (Å²) < 4.78 is 6.82. The second-order valence-corrected chi connectivity index (χ2v) is 13.3. The van der Waals surface area contributed by atoms with Gasteiger partial charge in [0.15, 0.2) is 5.58 Å². The van der Waals surface area contributed by atoms with Gasteiger partial charge >= 0.3 is 0 Å². The van der Waals surface area contributed by atoms with E-state index in [1.165, 1.54) is 22.1 Å². The van der Waals surface area contributed by atoms with Crippen molar-refractivity contribution in [2.45, 2.75) is 6.92 Å². The largest absolute Gasteiger partial charge is 0.454 e. The lowest BCUT2D eigenvalue weighted by Gasteiger charge is -2.31. The highest BCUT2D eigenvalue weighted by Crippen LogP contribution is 2.51. The molecule has 1 heterocycles. The molecule has 1 aromatic heterocycles. The number of hydrogen-bond donors (Lipinski definition) is 0. The fourth-order valence-corrected chi connectivity index (χ4v) is 7.79. The molecule has 0 N–H and O–H groups in total. The fraction of sp³-hybridized carbons (Fsp3) is 0.0196. The first-order valence-electron chi connectivity index (χ1n) is 18.1. The molecule has 0 spiro atoms. The van der Waals surface area contributed by atoms with Gasteiger partial charge in [-0.3, -0.25) is 0 Å². The van der Waals surface area contributed by atoms with Crippen molar-refractivity contribution in [1.29, 1.82) is 0 Å². The predicted molar refractivity (Wildman–Crippen MR) is 226 cm³/mol. The maximum absolute atomic E-state index is 6.82. The first-order chi connectivity index (χ1) is 26.2. The van der Waals surface area contributed by atoms with Gasteiger partial charge in [0.1, 0.15) is 5.58 Å². The van der Waals surface area contributed by atoms with E-state index in [1.54, 1.807) is 0 Å². The van der Waals surface area contributed by atoms with E-state index in [1.807, 2.05) is 18.2 Å². The number of nitrogens with zero attached hydrogens (tertiary/aromatic N) is 1. The summed E-state index contributed by atoms with van der Waals surface area (Å²) >= 11 is 0. The van der Waals surface area contributed by atoms with Crippen molar-refractivity contribution < 1.29 is 4.42 Å². The van der Waals surface area contributed by atoms with E-state index >= 15 is 0 Å². The first-order valence-corrected chi connectivity index (χ1v) is 18.1. The molecule has 2 nitrogen and oxygen atoms in total. The topological polar surface area (TPSA) is 16.4 Å². The summed E-state index contributed by atoms with van der Waals surface area (Å²) in [6.07, 6.45) is 6.01. The molecule has 0 amide bonds. The quantitative estimate of drug-likeness (QED) is 0.149. The lowest BCUT2D eigenvalue weighted by Crippen LogP contribution is -2.13. The molecule has 0 radical (unpaired) electrons. The smallest absolute Gasteiger partial charge is 0.159 e. The van der Waals surface area contributed by atoms with E-state index < -0.39 is 0 Å². The summed E-state index contributed by atoms with van der Waals surface area (Å²) in [7, 11) is 0.